The van der Waals surface area contributed by atoms with E-state index in [1.807, 2.05) is 0 Å². The Morgan fingerprint density at radius 2 is 1.12 bits per heavy atom. The van der Waals surface area contributed by atoms with E-state index in [0.29, 0.717) is 0 Å². The van der Waals surface area contributed by atoms with E-state index in [1.54, 1.807) is 0 Å². The molecule has 1 radical (unpaired) electrons. The van der Waals surface area contributed by atoms with Gasteiger partial charge in [0.15, 0.2) is 0 Å². The molecule has 0 aliphatic rings. The Hall–Kier alpha value is 1.23. The van der Waals surface area contributed by atoms with Gasteiger partial charge in [0, 0.05) is 35.9 Å². The number of hydrogen-bond donors (Lipinski definition) is 3. The average molecular weight is 177 g/mol. The van der Waals surface area contributed by atoms with Crippen LogP contribution in [-0.2, 0) is 21.6 Å². The van der Waals surface area contributed by atoms with Crippen molar-refractivity contribution in [1.29, 1.82) is 0 Å². The molecule has 0 aliphatic heterocycles. The summed E-state index contributed by atoms with van der Waals surface area (Å²) in [7, 11) is -4.64. The topological polar surface area (TPSA) is 77.8 Å². The normalized spacial score (nSPS) is 7.38. The van der Waals surface area contributed by atoms with Gasteiger partial charge in [0.05, 0.1) is 0 Å². The quantitative estimate of drug-likeness (QED) is 0.338. The molecule has 0 fully saturated rings. The van der Waals surface area contributed by atoms with E-state index in [9.17, 15) is 0 Å². The zero-order chi connectivity index (χ0) is 4.50. The van der Waals surface area contributed by atoms with Crippen LogP contribution in [0.15, 0.2) is 0 Å². The van der Waals surface area contributed by atoms with Crippen LogP contribution in [0.4, 0.5) is 0 Å². The second-order valence-electron chi connectivity index (χ2n) is 0.513. The first-order valence-electron chi connectivity index (χ1n) is 0.783. The van der Waals surface area contributed by atoms with E-state index in [2.05, 4.69) is 0 Å². The molecular formula is CH7FeLiO4P. The zero-order valence-electron chi connectivity index (χ0n) is 3.55. The summed E-state index contributed by atoms with van der Waals surface area (Å²) in [5.74, 6) is 0. The summed E-state index contributed by atoms with van der Waals surface area (Å²) in [5, 5.41) is 0. The molecular weight excluding hydrogens is 170 g/mol. The van der Waals surface area contributed by atoms with Crippen molar-refractivity contribution in [3.63, 3.8) is 0 Å². The number of rotatable bonds is 0. The van der Waals surface area contributed by atoms with Crippen molar-refractivity contribution >= 4 is 26.7 Å². The molecule has 0 aromatic heterocycles. The fourth-order valence-electron chi connectivity index (χ4n) is 0. The third-order valence-electron chi connectivity index (χ3n) is 0. The van der Waals surface area contributed by atoms with Gasteiger partial charge in [-0.2, -0.15) is 0 Å². The Morgan fingerprint density at radius 1 is 1.12 bits per heavy atom. The van der Waals surface area contributed by atoms with Crippen molar-refractivity contribution in [3.8, 4) is 0 Å². The monoisotopic (exact) mass is 177 g/mol. The van der Waals surface area contributed by atoms with Gasteiger partial charge in [0.2, 0.25) is 0 Å². The van der Waals surface area contributed by atoms with E-state index in [4.69, 9.17) is 19.2 Å². The smallest absolute Gasteiger partial charge is 0.303 e. The van der Waals surface area contributed by atoms with Gasteiger partial charge in [0.1, 0.15) is 0 Å². The molecule has 0 aromatic rings. The Balaban J connectivity index is -0.0000000267. The van der Waals surface area contributed by atoms with Gasteiger partial charge in [-0.25, -0.2) is 4.57 Å². The molecule has 0 unspecified atom stereocenters. The van der Waals surface area contributed by atoms with Gasteiger partial charge in [0.25, 0.3) is 0 Å². The molecule has 0 spiro atoms. The van der Waals surface area contributed by atoms with E-state index in [0.717, 1.165) is 0 Å². The van der Waals surface area contributed by atoms with Gasteiger partial charge in [-0.05, 0) is 0 Å². The van der Waals surface area contributed by atoms with Crippen LogP contribution in [0.5, 0.6) is 0 Å². The third-order valence-corrected chi connectivity index (χ3v) is 0. The average Bonchev–Trinajstić information content (AvgIpc) is 0.722. The first-order valence-corrected chi connectivity index (χ1v) is 2.35. The Bertz CT molecular complexity index is 62.2. The molecule has 0 atom stereocenters. The van der Waals surface area contributed by atoms with E-state index >= 15 is 0 Å². The molecule has 0 rings (SSSR count). The number of hydrogen-bond acceptors (Lipinski definition) is 1. The fraction of sp³-hybridized carbons (Fsp3) is 1.00. The van der Waals surface area contributed by atoms with Crippen molar-refractivity contribution in [2.45, 2.75) is 7.43 Å². The van der Waals surface area contributed by atoms with E-state index in [-0.39, 0.29) is 43.4 Å². The van der Waals surface area contributed by atoms with Gasteiger partial charge in [-0.1, -0.05) is 7.43 Å². The van der Waals surface area contributed by atoms with Crippen LogP contribution in [0.3, 0.4) is 0 Å². The standard InChI is InChI=1S/CH4.Fe.Li.H3O4P/c;;;1-5(2,3)4/h1H4;;;(H3,1,2,3,4). The van der Waals surface area contributed by atoms with Crippen molar-refractivity contribution in [3.05, 3.63) is 0 Å². The summed E-state index contributed by atoms with van der Waals surface area (Å²) in [6, 6.07) is 0. The second kappa shape index (κ2) is 8.23. The van der Waals surface area contributed by atoms with Crippen molar-refractivity contribution in [2.24, 2.45) is 0 Å². The molecule has 0 aliphatic carbocycles. The zero-order valence-corrected chi connectivity index (χ0v) is 5.55. The van der Waals surface area contributed by atoms with Crippen molar-refractivity contribution in [1.82, 2.24) is 0 Å². The molecule has 0 amide bonds. The molecule has 8 heavy (non-hydrogen) atoms. The Labute approximate surface area is 70.6 Å². The maximum atomic E-state index is 8.88. The Morgan fingerprint density at radius 3 is 1.12 bits per heavy atom. The van der Waals surface area contributed by atoms with Crippen LogP contribution in [0, 0.1) is 0 Å². The van der Waals surface area contributed by atoms with Gasteiger partial charge >= 0.3 is 7.82 Å². The van der Waals surface area contributed by atoms with Crippen LogP contribution in [0.25, 0.3) is 0 Å². The van der Waals surface area contributed by atoms with Gasteiger partial charge in [-0.15, -0.1) is 0 Å². The van der Waals surface area contributed by atoms with Crippen LogP contribution in [0.2, 0.25) is 0 Å². The molecule has 7 heteroatoms. The van der Waals surface area contributed by atoms with Gasteiger partial charge in [-0.3, -0.25) is 0 Å². The summed E-state index contributed by atoms with van der Waals surface area (Å²) >= 11 is 0. The second-order valence-corrected chi connectivity index (χ2v) is 1.54. The molecule has 0 bridgehead atoms. The van der Waals surface area contributed by atoms with Gasteiger partial charge < -0.3 is 14.7 Å². The maximum Gasteiger partial charge on any atom is 0.466 e. The van der Waals surface area contributed by atoms with E-state index in [1.165, 1.54) is 0 Å². The van der Waals surface area contributed by atoms with Crippen LogP contribution in [0.1, 0.15) is 7.43 Å². The van der Waals surface area contributed by atoms with Crippen molar-refractivity contribution in [2.75, 3.05) is 0 Å². The molecule has 0 heterocycles. The van der Waals surface area contributed by atoms with E-state index < -0.39 is 7.82 Å². The molecule has 0 saturated carbocycles. The SMILES string of the molecule is C.O=P(O)(O)O.[Fe].[Li]. The number of phosphoric acid groups is 1. The minimum absolute atomic E-state index is 0. The summed E-state index contributed by atoms with van der Waals surface area (Å²) in [6.45, 7) is 0. The first-order chi connectivity index (χ1) is 2.00. The maximum absolute atomic E-state index is 8.88. The van der Waals surface area contributed by atoms with Crippen LogP contribution < -0.4 is 0 Å². The molecule has 49 valence electrons. The third kappa shape index (κ3) is 186. The van der Waals surface area contributed by atoms with Crippen molar-refractivity contribution < 1.29 is 36.3 Å². The van der Waals surface area contributed by atoms with Crippen LogP contribution >= 0.6 is 7.82 Å². The Kier molecular flexibility index (Phi) is 23.5. The van der Waals surface area contributed by atoms with Crippen LogP contribution in [-0.4, -0.2) is 33.5 Å². The summed E-state index contributed by atoms with van der Waals surface area (Å²) in [5.41, 5.74) is 0. The minimum Gasteiger partial charge on any atom is -0.303 e. The minimum atomic E-state index is -4.64. The molecule has 4 nitrogen and oxygen atoms in total. The fourth-order valence-corrected chi connectivity index (χ4v) is 0. The summed E-state index contributed by atoms with van der Waals surface area (Å²) in [6.07, 6.45) is 0. The predicted molar refractivity (Wildman–Crippen MR) is 26.7 cm³/mol. The first kappa shape index (κ1) is 22.9. The largest absolute Gasteiger partial charge is 0.466 e. The molecule has 0 aromatic carbocycles. The predicted octanol–water partition coefficient (Wildman–Crippen LogP) is -0.676. The summed E-state index contributed by atoms with van der Waals surface area (Å²) in [4.78, 5) is 21.6. The molecule has 0 saturated heterocycles. The summed E-state index contributed by atoms with van der Waals surface area (Å²) < 4.78 is 8.88. The molecule has 3 N–H and O–H groups in total.